The Bertz CT molecular complexity index is 1100. The van der Waals surface area contributed by atoms with Gasteiger partial charge in [-0.1, -0.05) is 24.3 Å². The number of benzene rings is 1. The van der Waals surface area contributed by atoms with Crippen LogP contribution in [0.4, 0.5) is 0 Å². The van der Waals surface area contributed by atoms with E-state index in [0.29, 0.717) is 11.4 Å². The predicted molar refractivity (Wildman–Crippen MR) is 102 cm³/mol. The minimum Gasteiger partial charge on any atom is -0.305 e. The fourth-order valence-electron chi connectivity index (χ4n) is 3.35. The number of rotatable bonds is 2. The largest absolute Gasteiger partial charge is 0.305 e. The first-order chi connectivity index (χ1) is 12.2. The number of thiophene rings is 1. The zero-order valence-electron chi connectivity index (χ0n) is 13.9. The molecule has 4 rings (SSSR count). The summed E-state index contributed by atoms with van der Waals surface area (Å²) in [5.74, 6) is 0.349. The Morgan fingerprint density at radius 1 is 1.32 bits per heavy atom. The van der Waals surface area contributed by atoms with Gasteiger partial charge in [-0.15, -0.1) is 11.3 Å². The second-order valence-corrected chi connectivity index (χ2v) is 7.42. The van der Waals surface area contributed by atoms with E-state index in [1.807, 2.05) is 31.2 Å². The maximum Gasteiger partial charge on any atom is 0.260 e. The topological polar surface area (TPSA) is 69.5 Å². The van der Waals surface area contributed by atoms with Crippen molar-refractivity contribution in [2.75, 3.05) is 0 Å². The molecule has 0 aliphatic heterocycles. The number of H-pyrrole nitrogens is 1. The molecule has 0 saturated heterocycles. The average Bonchev–Trinajstić information content (AvgIpc) is 3.00. The number of hydrogen-bond donors (Lipinski definition) is 1. The van der Waals surface area contributed by atoms with Gasteiger partial charge in [0.1, 0.15) is 10.9 Å². The van der Waals surface area contributed by atoms with Gasteiger partial charge in [0.25, 0.3) is 5.56 Å². The molecule has 0 bridgehead atoms. The fraction of sp³-hybridized carbons (Fsp3) is 0.250. The van der Waals surface area contributed by atoms with Crippen molar-refractivity contribution in [3.63, 3.8) is 0 Å². The van der Waals surface area contributed by atoms with E-state index in [2.05, 4.69) is 16.0 Å². The molecule has 5 heteroatoms. The van der Waals surface area contributed by atoms with Gasteiger partial charge in [0.05, 0.1) is 11.0 Å². The lowest BCUT2D eigenvalue weighted by atomic mass is 9.97. The van der Waals surface area contributed by atoms with Gasteiger partial charge in [0.2, 0.25) is 0 Å². The van der Waals surface area contributed by atoms with E-state index in [1.54, 1.807) is 17.4 Å². The highest BCUT2D eigenvalue weighted by Gasteiger charge is 2.20. The quantitative estimate of drug-likeness (QED) is 0.705. The molecule has 0 fully saturated rings. The van der Waals surface area contributed by atoms with E-state index in [0.717, 1.165) is 46.2 Å². The van der Waals surface area contributed by atoms with E-state index in [1.165, 1.54) is 11.3 Å². The van der Waals surface area contributed by atoms with E-state index < -0.39 is 0 Å². The van der Waals surface area contributed by atoms with Crippen molar-refractivity contribution in [3.8, 4) is 6.07 Å². The lowest BCUT2D eigenvalue weighted by Crippen LogP contribution is -2.12. The molecule has 1 N–H and O–H groups in total. The molecule has 0 unspecified atom stereocenters. The summed E-state index contributed by atoms with van der Waals surface area (Å²) < 4.78 is 0. The van der Waals surface area contributed by atoms with Crippen LogP contribution in [0.2, 0.25) is 0 Å². The van der Waals surface area contributed by atoms with Gasteiger partial charge in [-0.25, -0.2) is 4.98 Å². The molecule has 25 heavy (non-hydrogen) atoms. The van der Waals surface area contributed by atoms with Crippen LogP contribution >= 0.6 is 11.3 Å². The molecule has 1 aromatic carbocycles. The number of nitrogens with zero attached hydrogens (tertiary/aromatic N) is 2. The van der Waals surface area contributed by atoms with Crippen molar-refractivity contribution < 1.29 is 0 Å². The average molecular weight is 347 g/mol. The van der Waals surface area contributed by atoms with E-state index in [9.17, 15) is 10.1 Å². The highest BCUT2D eigenvalue weighted by molar-refractivity contribution is 7.18. The third-order valence-electron chi connectivity index (χ3n) is 4.69. The number of nitrogens with one attached hydrogen (secondary N) is 1. The summed E-state index contributed by atoms with van der Waals surface area (Å²) in [6.45, 7) is 1.99. The molecule has 0 spiro atoms. The first kappa shape index (κ1) is 15.8. The molecule has 3 aromatic rings. The molecule has 4 nitrogen and oxygen atoms in total. The normalized spacial score (nSPS) is 14.3. The van der Waals surface area contributed by atoms with Gasteiger partial charge in [-0.2, -0.15) is 5.26 Å². The van der Waals surface area contributed by atoms with Crippen LogP contribution in [0.5, 0.6) is 0 Å². The van der Waals surface area contributed by atoms with Crippen LogP contribution in [0, 0.1) is 18.3 Å². The lowest BCUT2D eigenvalue weighted by molar-refractivity contribution is 0.700. The van der Waals surface area contributed by atoms with E-state index >= 15 is 0 Å². The highest BCUT2D eigenvalue weighted by atomic mass is 32.1. The summed E-state index contributed by atoms with van der Waals surface area (Å²) in [5, 5.41) is 10.3. The van der Waals surface area contributed by atoms with Gasteiger partial charge in [-0.3, -0.25) is 4.79 Å². The standard InChI is InChI=1S/C20H17N3OS/c1-12-6-2-3-7-13(12)10-14(11-21)18-22-19(24)17-15-8-4-5-9-16(15)25-20(17)23-18/h2-3,6-7,10H,4-5,8-9H2,1H3,(H,22,23,24)/b14-10+. The van der Waals surface area contributed by atoms with Crippen LogP contribution in [-0.2, 0) is 12.8 Å². The molecule has 2 aromatic heterocycles. The van der Waals surface area contributed by atoms with Crippen molar-refractivity contribution in [1.29, 1.82) is 5.26 Å². The van der Waals surface area contributed by atoms with Gasteiger partial charge in [-0.05, 0) is 55.4 Å². The summed E-state index contributed by atoms with van der Waals surface area (Å²) in [7, 11) is 0. The molecule has 1 aliphatic rings. The maximum absolute atomic E-state index is 12.6. The second-order valence-electron chi connectivity index (χ2n) is 6.33. The third kappa shape index (κ3) is 2.79. The predicted octanol–water partition coefficient (Wildman–Crippen LogP) is 4.24. The summed E-state index contributed by atoms with van der Waals surface area (Å²) in [4.78, 5) is 22.1. The molecule has 1 aliphatic carbocycles. The maximum atomic E-state index is 12.6. The van der Waals surface area contributed by atoms with Crippen molar-refractivity contribution >= 4 is 33.2 Å². The Kier molecular flexibility index (Phi) is 3.98. The van der Waals surface area contributed by atoms with Gasteiger partial charge >= 0.3 is 0 Å². The minimum absolute atomic E-state index is 0.134. The summed E-state index contributed by atoms with van der Waals surface area (Å²) in [5.41, 5.74) is 3.43. The molecule has 0 amide bonds. The van der Waals surface area contributed by atoms with Gasteiger partial charge < -0.3 is 4.98 Å². The molecule has 0 atom stereocenters. The number of aryl methyl sites for hydroxylation is 3. The van der Waals surface area contributed by atoms with Crippen molar-refractivity contribution in [2.45, 2.75) is 32.6 Å². The van der Waals surface area contributed by atoms with Crippen molar-refractivity contribution in [1.82, 2.24) is 9.97 Å². The minimum atomic E-state index is -0.134. The number of aromatic amines is 1. The smallest absolute Gasteiger partial charge is 0.260 e. The highest BCUT2D eigenvalue weighted by Crippen LogP contribution is 2.34. The van der Waals surface area contributed by atoms with Crippen LogP contribution in [0.15, 0.2) is 29.1 Å². The number of nitriles is 1. The van der Waals surface area contributed by atoms with Crippen LogP contribution in [-0.4, -0.2) is 9.97 Å². The molecule has 124 valence electrons. The van der Waals surface area contributed by atoms with E-state index in [-0.39, 0.29) is 5.56 Å². The Hall–Kier alpha value is -2.71. The van der Waals surface area contributed by atoms with Crippen molar-refractivity contribution in [2.24, 2.45) is 0 Å². The first-order valence-electron chi connectivity index (χ1n) is 8.40. The Morgan fingerprint density at radius 2 is 2.12 bits per heavy atom. The number of hydrogen-bond acceptors (Lipinski definition) is 4. The summed E-state index contributed by atoms with van der Waals surface area (Å²) >= 11 is 1.60. The third-order valence-corrected chi connectivity index (χ3v) is 5.87. The molecular formula is C20H17N3OS. The molecule has 2 heterocycles. The van der Waals surface area contributed by atoms with Crippen LogP contribution in [0.3, 0.4) is 0 Å². The lowest BCUT2D eigenvalue weighted by Gasteiger charge is -2.09. The Labute approximate surface area is 149 Å². The monoisotopic (exact) mass is 347 g/mol. The second kappa shape index (κ2) is 6.30. The number of aromatic nitrogens is 2. The Morgan fingerprint density at radius 3 is 2.92 bits per heavy atom. The molecule has 0 saturated carbocycles. The molecule has 0 radical (unpaired) electrons. The summed E-state index contributed by atoms with van der Waals surface area (Å²) in [6.07, 6.45) is 6.05. The van der Waals surface area contributed by atoms with Crippen LogP contribution in [0.25, 0.3) is 21.9 Å². The first-order valence-corrected chi connectivity index (χ1v) is 9.21. The van der Waals surface area contributed by atoms with Gasteiger partial charge in [0, 0.05) is 4.88 Å². The summed E-state index contributed by atoms with van der Waals surface area (Å²) in [6, 6.07) is 10.0. The SMILES string of the molecule is Cc1ccccc1/C=C(\C#N)c1nc2sc3c(c2c(=O)[nH]1)CCCC3. The van der Waals surface area contributed by atoms with Gasteiger partial charge in [0.15, 0.2) is 5.82 Å². The fourth-order valence-corrected chi connectivity index (χ4v) is 4.61. The van der Waals surface area contributed by atoms with Crippen LogP contribution in [0.1, 0.15) is 40.2 Å². The van der Waals surface area contributed by atoms with E-state index in [4.69, 9.17) is 0 Å². The Balaban J connectivity index is 1.88. The van der Waals surface area contributed by atoms with Crippen molar-refractivity contribution in [3.05, 3.63) is 62.0 Å². The number of fused-ring (bicyclic) bond motifs is 3. The number of allylic oxidation sites excluding steroid dienone is 1. The molecular weight excluding hydrogens is 330 g/mol. The zero-order chi connectivity index (χ0) is 17.4. The zero-order valence-corrected chi connectivity index (χ0v) is 14.7. The van der Waals surface area contributed by atoms with Crippen LogP contribution < -0.4 is 5.56 Å².